The number of nitrogens with two attached hydrogens (primary N) is 1. The number of rotatable bonds is 9. The van der Waals surface area contributed by atoms with E-state index in [9.17, 15) is 4.79 Å². The van der Waals surface area contributed by atoms with Gasteiger partial charge in [-0.3, -0.25) is 9.10 Å². The molecule has 2 rings (SSSR count). The Morgan fingerprint density at radius 3 is 2.21 bits per heavy atom. The topological polar surface area (TPSA) is 68.0 Å². The predicted octanol–water partition coefficient (Wildman–Crippen LogP) is 4.05. The van der Waals surface area contributed by atoms with Crippen LogP contribution >= 0.6 is 25.7 Å². The summed E-state index contributed by atoms with van der Waals surface area (Å²) < 4.78 is 11.9. The highest BCUT2D eigenvalue weighted by molar-refractivity contribution is 7.96. The minimum absolute atomic E-state index is 0. The Morgan fingerprint density at radius 1 is 1.11 bits per heavy atom. The van der Waals surface area contributed by atoms with Gasteiger partial charge in [0.1, 0.15) is 12.2 Å². The van der Waals surface area contributed by atoms with Crippen molar-refractivity contribution in [3.05, 3.63) is 60.2 Å². The molecule has 0 saturated heterocycles. The average Bonchev–Trinajstić information content (AvgIpc) is 2.68. The number of nitrogen functional groups attached to an aromatic ring is 1. The van der Waals surface area contributed by atoms with Crippen LogP contribution in [-0.2, 0) is 20.2 Å². The lowest BCUT2D eigenvalue weighted by molar-refractivity contribution is -0.128. The summed E-state index contributed by atoms with van der Waals surface area (Å²) in [6, 6.07) is 18.4. The minimum atomic E-state index is 0. The molecule has 0 fully saturated rings. The number of anilines is 2. The maximum Gasteiger partial charge on any atom is 0.293 e. The van der Waals surface area contributed by atoms with Crippen LogP contribution in [0, 0.1) is 0 Å². The molecule has 0 heterocycles. The summed E-state index contributed by atoms with van der Waals surface area (Å²) in [7, 11) is 3.92. The van der Waals surface area contributed by atoms with Crippen molar-refractivity contribution in [3.8, 4) is 0 Å². The third-order valence-electron chi connectivity index (χ3n) is 3.75. The average molecular weight is 426 g/mol. The van der Waals surface area contributed by atoms with E-state index in [2.05, 4.69) is 35.9 Å². The second kappa shape index (κ2) is 15.1. The molecular weight excluding hydrogens is 394 g/mol. The van der Waals surface area contributed by atoms with Gasteiger partial charge in [-0.05, 0) is 50.1 Å². The molecular formula is C20H31N3O3S2. The molecule has 0 amide bonds. The van der Waals surface area contributed by atoms with Crippen LogP contribution in [0.2, 0.25) is 0 Å². The number of ether oxygens (including phenoxy) is 1. The Bertz CT molecular complexity index is 645. The van der Waals surface area contributed by atoms with E-state index in [0.29, 0.717) is 13.1 Å². The molecule has 156 valence electrons. The molecule has 0 aliphatic rings. The fourth-order valence-electron chi connectivity index (χ4n) is 2.06. The molecule has 0 radical (unpaired) electrons. The normalized spacial score (nSPS) is 10.9. The second-order valence-corrected chi connectivity index (χ2v) is 6.72. The molecule has 6 nitrogen and oxygen atoms in total. The van der Waals surface area contributed by atoms with Crippen molar-refractivity contribution in [2.75, 3.05) is 30.7 Å². The number of carbonyl (C=O) groups excluding carboxylic acids is 1. The third kappa shape index (κ3) is 10.5. The lowest BCUT2D eigenvalue weighted by atomic mass is 10.1. The maximum atomic E-state index is 9.18. The van der Waals surface area contributed by atoms with Gasteiger partial charge in [0.25, 0.3) is 6.47 Å². The fraction of sp³-hybridized carbons (Fsp3) is 0.350. The van der Waals surface area contributed by atoms with Crippen LogP contribution in [-0.4, -0.2) is 38.3 Å². The van der Waals surface area contributed by atoms with E-state index < -0.39 is 0 Å². The zero-order chi connectivity index (χ0) is 20.1. The minimum Gasteiger partial charge on any atom is -0.468 e. The Morgan fingerprint density at radius 2 is 1.71 bits per heavy atom. The van der Waals surface area contributed by atoms with Crippen molar-refractivity contribution in [1.29, 1.82) is 0 Å². The SMILES string of the molecule is CC(Cc1ccccc1)N(C)OSN(C)c1ccc(N)cc1.CCOC=O.S. The molecule has 2 N–H and O–H groups in total. The molecule has 1 atom stereocenters. The molecule has 28 heavy (non-hydrogen) atoms. The molecule has 2 aromatic carbocycles. The zero-order valence-electron chi connectivity index (χ0n) is 16.9. The summed E-state index contributed by atoms with van der Waals surface area (Å²) >= 11 is 1.30. The summed E-state index contributed by atoms with van der Waals surface area (Å²) in [5.41, 5.74) is 8.81. The van der Waals surface area contributed by atoms with Crippen molar-refractivity contribution in [2.24, 2.45) is 0 Å². The first-order chi connectivity index (χ1) is 13.0. The summed E-state index contributed by atoms with van der Waals surface area (Å²) in [5, 5.41) is 1.88. The monoisotopic (exact) mass is 425 g/mol. The van der Waals surface area contributed by atoms with Gasteiger partial charge in [-0.15, -0.1) is 0 Å². The number of hydrogen-bond donors (Lipinski definition) is 1. The van der Waals surface area contributed by atoms with E-state index in [4.69, 9.17) is 10.0 Å². The molecule has 0 bridgehead atoms. The number of likely N-dealkylation sites (N-methyl/N-ethyl adjacent to an activating group) is 1. The first-order valence-electron chi connectivity index (χ1n) is 8.74. The highest BCUT2D eigenvalue weighted by Gasteiger charge is 2.13. The van der Waals surface area contributed by atoms with Crippen molar-refractivity contribution in [2.45, 2.75) is 26.3 Å². The van der Waals surface area contributed by atoms with Crippen molar-refractivity contribution >= 4 is 43.6 Å². The van der Waals surface area contributed by atoms with Gasteiger partial charge in [0.15, 0.2) is 0 Å². The second-order valence-electron chi connectivity index (χ2n) is 5.87. The lowest BCUT2D eigenvalue weighted by Crippen LogP contribution is -2.30. The van der Waals surface area contributed by atoms with Gasteiger partial charge in [0, 0.05) is 31.5 Å². The maximum absolute atomic E-state index is 9.18. The molecule has 1 unspecified atom stereocenters. The number of benzene rings is 2. The number of hydrogen-bond acceptors (Lipinski definition) is 7. The quantitative estimate of drug-likeness (QED) is 0.214. The van der Waals surface area contributed by atoms with Gasteiger partial charge in [-0.25, -0.2) is 4.28 Å². The van der Waals surface area contributed by atoms with Gasteiger partial charge >= 0.3 is 0 Å². The van der Waals surface area contributed by atoms with Gasteiger partial charge in [0.05, 0.1) is 6.61 Å². The molecule has 0 aliphatic carbocycles. The van der Waals surface area contributed by atoms with Gasteiger partial charge in [-0.1, -0.05) is 30.3 Å². The number of nitrogens with zero attached hydrogens (tertiary/aromatic N) is 2. The molecule has 0 saturated carbocycles. The predicted molar refractivity (Wildman–Crippen MR) is 123 cm³/mol. The third-order valence-corrected chi connectivity index (χ3v) is 4.48. The van der Waals surface area contributed by atoms with E-state index in [1.54, 1.807) is 6.92 Å². The fourth-order valence-corrected chi connectivity index (χ4v) is 2.61. The molecule has 0 aromatic heterocycles. The van der Waals surface area contributed by atoms with E-state index in [1.165, 1.54) is 17.8 Å². The Labute approximate surface area is 179 Å². The van der Waals surface area contributed by atoms with Crippen molar-refractivity contribution < 1.29 is 13.8 Å². The van der Waals surface area contributed by atoms with Crippen LogP contribution in [0.3, 0.4) is 0 Å². The molecule has 8 heteroatoms. The molecule has 0 aliphatic heterocycles. The first-order valence-corrected chi connectivity index (χ1v) is 9.43. The standard InChI is InChI=1S/C17H23N3OS.C3H6O2.H2S/c1-14(13-15-7-5-4-6-8-15)19(2)21-22-20(3)17-11-9-16(18)10-12-17;1-2-5-3-4;/h4-12,14H,13,18H2,1-3H3;3H,2H2,1H3;1H2. The summed E-state index contributed by atoms with van der Waals surface area (Å²) in [5.74, 6) is 0. The van der Waals surface area contributed by atoms with Crippen LogP contribution < -0.4 is 10.0 Å². The van der Waals surface area contributed by atoms with E-state index >= 15 is 0 Å². The van der Waals surface area contributed by atoms with Crippen molar-refractivity contribution in [3.63, 3.8) is 0 Å². The zero-order valence-corrected chi connectivity index (χ0v) is 18.7. The van der Waals surface area contributed by atoms with Crippen LogP contribution in [0.15, 0.2) is 54.6 Å². The molecule has 0 spiro atoms. The number of hydroxylamine groups is 2. The van der Waals surface area contributed by atoms with E-state index in [-0.39, 0.29) is 19.5 Å². The van der Waals surface area contributed by atoms with Crippen molar-refractivity contribution in [1.82, 2.24) is 5.06 Å². The summed E-state index contributed by atoms with van der Waals surface area (Å²) in [4.78, 5) is 9.18. The number of carbonyl (C=O) groups is 1. The van der Waals surface area contributed by atoms with Gasteiger partial charge in [-0.2, -0.15) is 18.6 Å². The van der Waals surface area contributed by atoms with E-state index in [1.807, 2.05) is 53.8 Å². The first kappa shape index (κ1) is 26.1. The largest absolute Gasteiger partial charge is 0.468 e. The van der Waals surface area contributed by atoms with E-state index in [0.717, 1.165) is 17.8 Å². The van der Waals surface area contributed by atoms with Gasteiger partial charge in [0.2, 0.25) is 0 Å². The van der Waals surface area contributed by atoms with Crippen LogP contribution in [0.25, 0.3) is 0 Å². The summed E-state index contributed by atoms with van der Waals surface area (Å²) in [6.07, 6.45) is 0.948. The smallest absolute Gasteiger partial charge is 0.293 e. The van der Waals surface area contributed by atoms with Crippen LogP contribution in [0.1, 0.15) is 19.4 Å². The summed E-state index contributed by atoms with van der Waals surface area (Å²) in [6.45, 7) is 4.81. The van der Waals surface area contributed by atoms with Crippen LogP contribution in [0.5, 0.6) is 0 Å². The molecule has 2 aromatic rings. The Kier molecular flexibility index (Phi) is 14.1. The highest BCUT2D eigenvalue weighted by atomic mass is 32.2. The Balaban J connectivity index is 0.00000108. The van der Waals surface area contributed by atoms with Gasteiger partial charge < -0.3 is 10.5 Å². The lowest BCUT2D eigenvalue weighted by Gasteiger charge is -2.25. The highest BCUT2D eigenvalue weighted by Crippen LogP contribution is 2.23. The van der Waals surface area contributed by atoms with Crippen LogP contribution in [0.4, 0.5) is 11.4 Å². The Hall–Kier alpha value is -1.87.